The maximum absolute atomic E-state index is 13.0. The molecular formula is C24H24FNO5. The molecule has 0 amide bonds. The number of rotatable bonds is 8. The van der Waals surface area contributed by atoms with Gasteiger partial charge in [0.15, 0.2) is 6.61 Å². The van der Waals surface area contributed by atoms with E-state index in [1.807, 2.05) is 6.92 Å². The van der Waals surface area contributed by atoms with Gasteiger partial charge in [0.05, 0.1) is 6.10 Å². The maximum Gasteiger partial charge on any atom is 0.344 e. The Labute approximate surface area is 179 Å². The molecule has 0 fully saturated rings. The zero-order valence-corrected chi connectivity index (χ0v) is 17.6. The molecule has 0 bridgehead atoms. The number of nitrogens with zero attached hydrogens (tertiary/aromatic N) is 1. The molecule has 0 spiro atoms. The molecular weight excluding hydrogens is 401 g/mol. The summed E-state index contributed by atoms with van der Waals surface area (Å²) in [4.78, 5) is 24.2. The minimum atomic E-state index is -0.439. The molecule has 0 saturated heterocycles. The largest absolute Gasteiger partial charge is 0.489 e. The Morgan fingerprint density at radius 2 is 1.77 bits per heavy atom. The standard InChI is InChI=1S/C24H24FNO5/c1-16(2)31-24(28)15-30-22-9-8-20(12-17(22)3)26-11-10-21(13-23(26)27)29-14-18-4-6-19(25)7-5-18/h4-13,16H,14-15H2,1-3H3. The van der Waals surface area contributed by atoms with Gasteiger partial charge < -0.3 is 14.2 Å². The van der Waals surface area contributed by atoms with Crippen LogP contribution in [0.4, 0.5) is 4.39 Å². The normalized spacial score (nSPS) is 10.7. The van der Waals surface area contributed by atoms with Gasteiger partial charge in [-0.25, -0.2) is 9.18 Å². The van der Waals surface area contributed by atoms with Crippen LogP contribution in [0.25, 0.3) is 5.69 Å². The molecule has 3 rings (SSSR count). The Morgan fingerprint density at radius 1 is 1.03 bits per heavy atom. The molecule has 6 nitrogen and oxygen atoms in total. The highest BCUT2D eigenvalue weighted by Gasteiger charge is 2.10. The number of carbonyl (C=O) groups is 1. The third kappa shape index (κ3) is 6.18. The van der Waals surface area contributed by atoms with Gasteiger partial charge in [0.2, 0.25) is 0 Å². The van der Waals surface area contributed by atoms with Crippen LogP contribution in [0.2, 0.25) is 0 Å². The number of esters is 1. The lowest BCUT2D eigenvalue weighted by Gasteiger charge is -2.13. The molecule has 0 aliphatic carbocycles. The van der Waals surface area contributed by atoms with Crippen LogP contribution in [0.3, 0.4) is 0 Å². The van der Waals surface area contributed by atoms with Crippen molar-refractivity contribution in [1.29, 1.82) is 0 Å². The van der Waals surface area contributed by atoms with E-state index in [9.17, 15) is 14.0 Å². The van der Waals surface area contributed by atoms with E-state index in [1.165, 1.54) is 22.8 Å². The number of aryl methyl sites for hydroxylation is 1. The Kier molecular flexibility index (Phi) is 7.07. The van der Waals surface area contributed by atoms with Gasteiger partial charge >= 0.3 is 5.97 Å². The fourth-order valence-electron chi connectivity index (χ4n) is 2.89. The molecule has 1 heterocycles. The number of hydrogen-bond donors (Lipinski definition) is 0. The zero-order valence-electron chi connectivity index (χ0n) is 17.6. The van der Waals surface area contributed by atoms with Crippen molar-refractivity contribution < 1.29 is 23.4 Å². The van der Waals surface area contributed by atoms with Crippen LogP contribution < -0.4 is 15.0 Å². The first-order valence-electron chi connectivity index (χ1n) is 9.85. The van der Waals surface area contributed by atoms with Gasteiger partial charge in [0, 0.05) is 18.0 Å². The van der Waals surface area contributed by atoms with Gasteiger partial charge in [0.1, 0.15) is 23.9 Å². The van der Waals surface area contributed by atoms with E-state index in [-0.39, 0.29) is 30.7 Å². The first-order chi connectivity index (χ1) is 14.8. The fourth-order valence-corrected chi connectivity index (χ4v) is 2.89. The lowest BCUT2D eigenvalue weighted by Crippen LogP contribution is -2.19. The van der Waals surface area contributed by atoms with Gasteiger partial charge in [-0.3, -0.25) is 9.36 Å². The van der Waals surface area contributed by atoms with Crippen LogP contribution in [0.15, 0.2) is 65.6 Å². The summed E-state index contributed by atoms with van der Waals surface area (Å²) in [6.07, 6.45) is 1.42. The lowest BCUT2D eigenvalue weighted by atomic mass is 10.2. The van der Waals surface area contributed by atoms with E-state index >= 15 is 0 Å². The average Bonchev–Trinajstić information content (AvgIpc) is 2.72. The van der Waals surface area contributed by atoms with Crippen LogP contribution in [-0.2, 0) is 16.1 Å². The molecule has 0 unspecified atom stereocenters. The van der Waals surface area contributed by atoms with Crippen molar-refractivity contribution in [3.05, 3.63) is 88.1 Å². The molecule has 0 saturated carbocycles. The number of benzene rings is 2. The quantitative estimate of drug-likeness (QED) is 0.506. The minimum absolute atomic E-state index is 0.182. The van der Waals surface area contributed by atoms with E-state index < -0.39 is 5.97 Å². The molecule has 2 aromatic carbocycles. The molecule has 0 N–H and O–H groups in total. The van der Waals surface area contributed by atoms with E-state index in [0.717, 1.165) is 11.1 Å². The maximum atomic E-state index is 13.0. The summed E-state index contributed by atoms with van der Waals surface area (Å²) in [6, 6.07) is 14.3. The summed E-state index contributed by atoms with van der Waals surface area (Å²) >= 11 is 0. The molecule has 31 heavy (non-hydrogen) atoms. The van der Waals surface area contributed by atoms with E-state index in [2.05, 4.69) is 0 Å². The number of carbonyl (C=O) groups excluding carboxylic acids is 1. The molecule has 3 aromatic rings. The Bertz CT molecular complexity index is 1110. The topological polar surface area (TPSA) is 66.8 Å². The predicted molar refractivity (Wildman–Crippen MR) is 114 cm³/mol. The highest BCUT2D eigenvalue weighted by Crippen LogP contribution is 2.21. The lowest BCUT2D eigenvalue weighted by molar-refractivity contribution is -0.149. The van der Waals surface area contributed by atoms with Crippen molar-refractivity contribution in [2.45, 2.75) is 33.5 Å². The second-order valence-electron chi connectivity index (χ2n) is 7.26. The number of hydrogen-bond acceptors (Lipinski definition) is 5. The van der Waals surface area contributed by atoms with Crippen LogP contribution >= 0.6 is 0 Å². The van der Waals surface area contributed by atoms with Crippen molar-refractivity contribution in [2.24, 2.45) is 0 Å². The summed E-state index contributed by atoms with van der Waals surface area (Å²) in [7, 11) is 0. The van der Waals surface area contributed by atoms with Crippen LogP contribution in [0.1, 0.15) is 25.0 Å². The van der Waals surface area contributed by atoms with E-state index in [0.29, 0.717) is 17.2 Å². The van der Waals surface area contributed by atoms with Crippen LogP contribution in [0.5, 0.6) is 11.5 Å². The summed E-state index contributed by atoms with van der Waals surface area (Å²) in [6.45, 7) is 5.42. The molecule has 0 aliphatic heterocycles. The average molecular weight is 425 g/mol. The minimum Gasteiger partial charge on any atom is -0.489 e. The predicted octanol–water partition coefficient (Wildman–Crippen LogP) is 4.19. The number of ether oxygens (including phenoxy) is 3. The number of pyridine rings is 1. The van der Waals surface area contributed by atoms with Crippen molar-refractivity contribution in [3.8, 4) is 17.2 Å². The molecule has 1 aromatic heterocycles. The Balaban J connectivity index is 1.66. The Morgan fingerprint density at radius 3 is 2.42 bits per heavy atom. The van der Waals surface area contributed by atoms with E-state index in [4.69, 9.17) is 14.2 Å². The van der Waals surface area contributed by atoms with Crippen LogP contribution in [0, 0.1) is 12.7 Å². The summed E-state index contributed by atoms with van der Waals surface area (Å²) in [5.74, 6) is 0.210. The molecule has 0 aliphatic rings. The molecule has 0 radical (unpaired) electrons. The SMILES string of the molecule is Cc1cc(-n2ccc(OCc3ccc(F)cc3)cc2=O)ccc1OCC(=O)OC(C)C. The van der Waals surface area contributed by atoms with Crippen molar-refractivity contribution in [3.63, 3.8) is 0 Å². The fraction of sp³-hybridized carbons (Fsp3) is 0.250. The number of aromatic nitrogens is 1. The molecule has 162 valence electrons. The highest BCUT2D eigenvalue weighted by atomic mass is 19.1. The van der Waals surface area contributed by atoms with E-state index in [1.54, 1.807) is 56.4 Å². The van der Waals surface area contributed by atoms with Crippen LogP contribution in [-0.4, -0.2) is 23.2 Å². The van der Waals surface area contributed by atoms with Gasteiger partial charge in [-0.05, 0) is 68.3 Å². The third-order valence-corrected chi connectivity index (χ3v) is 4.36. The van der Waals surface area contributed by atoms with Gasteiger partial charge in [-0.15, -0.1) is 0 Å². The Hall–Kier alpha value is -3.61. The van der Waals surface area contributed by atoms with Gasteiger partial charge in [-0.2, -0.15) is 0 Å². The molecule has 7 heteroatoms. The number of halogens is 1. The second-order valence-corrected chi connectivity index (χ2v) is 7.26. The molecule has 0 atom stereocenters. The zero-order chi connectivity index (χ0) is 22.4. The van der Waals surface area contributed by atoms with Crippen molar-refractivity contribution in [1.82, 2.24) is 4.57 Å². The summed E-state index contributed by atoms with van der Waals surface area (Å²) in [5, 5.41) is 0. The monoisotopic (exact) mass is 425 g/mol. The van der Waals surface area contributed by atoms with Crippen molar-refractivity contribution >= 4 is 5.97 Å². The first kappa shape index (κ1) is 22.1. The third-order valence-electron chi connectivity index (χ3n) is 4.36. The second kappa shape index (κ2) is 9.93. The van der Waals surface area contributed by atoms with Crippen molar-refractivity contribution in [2.75, 3.05) is 6.61 Å². The van der Waals surface area contributed by atoms with Gasteiger partial charge in [-0.1, -0.05) is 12.1 Å². The smallest absolute Gasteiger partial charge is 0.344 e. The highest BCUT2D eigenvalue weighted by molar-refractivity contribution is 5.71. The summed E-state index contributed by atoms with van der Waals surface area (Å²) < 4.78 is 30.6. The summed E-state index contributed by atoms with van der Waals surface area (Å²) in [5.41, 5.74) is 1.97. The van der Waals surface area contributed by atoms with Gasteiger partial charge in [0.25, 0.3) is 5.56 Å². The first-order valence-corrected chi connectivity index (χ1v) is 9.85.